The Morgan fingerprint density at radius 3 is 2.59 bits per heavy atom. The zero-order chi connectivity index (χ0) is 12.9. The van der Waals surface area contributed by atoms with Gasteiger partial charge in [-0.25, -0.2) is 0 Å². The number of allylic oxidation sites excluding steroid dienone is 2. The first-order valence-electron chi connectivity index (χ1n) is 6.60. The monoisotopic (exact) mass is 300 g/mol. The Hall–Kier alpha value is -0.0800. The molecule has 2 heteroatoms. The molecule has 0 aromatic heterocycles. The van der Waals surface area contributed by atoms with Crippen LogP contribution >= 0.6 is 15.9 Å². The lowest BCUT2D eigenvalue weighted by molar-refractivity contribution is -0.0421. The maximum atomic E-state index is 6.20. The Bertz CT molecular complexity index is 291. The first kappa shape index (κ1) is 15.0. The summed E-state index contributed by atoms with van der Waals surface area (Å²) in [6.07, 6.45) is 8.79. The molecule has 0 aromatic rings. The molecule has 1 atom stereocenters. The molecule has 0 N–H and O–H groups in total. The first-order valence-corrected chi connectivity index (χ1v) is 7.72. The topological polar surface area (TPSA) is 9.23 Å². The van der Waals surface area contributed by atoms with Crippen molar-refractivity contribution in [3.05, 3.63) is 23.8 Å². The quantitative estimate of drug-likeness (QED) is 0.509. The smallest absolute Gasteiger partial charge is 0.0925 e. The largest absolute Gasteiger partial charge is 0.370 e. The standard InChI is InChI=1S/C15H25BrO/c1-12(2)14-7-5-8-15(11-14,13(3)4)17-10-6-9-16/h5,7-8,12-13H,6,9-11H2,1-4H3. The molecule has 0 aliphatic heterocycles. The van der Waals surface area contributed by atoms with E-state index < -0.39 is 0 Å². The van der Waals surface area contributed by atoms with Crippen LogP contribution in [0.1, 0.15) is 40.5 Å². The van der Waals surface area contributed by atoms with E-state index in [1.807, 2.05) is 0 Å². The molecule has 0 spiro atoms. The highest BCUT2D eigenvalue weighted by molar-refractivity contribution is 9.09. The van der Waals surface area contributed by atoms with Crippen LogP contribution < -0.4 is 0 Å². The molecule has 0 aromatic carbocycles. The molecular formula is C15H25BrO. The van der Waals surface area contributed by atoms with Gasteiger partial charge in [-0.3, -0.25) is 0 Å². The van der Waals surface area contributed by atoms with Gasteiger partial charge in [-0.15, -0.1) is 0 Å². The van der Waals surface area contributed by atoms with E-state index in [1.54, 1.807) is 0 Å². The fraction of sp³-hybridized carbons (Fsp3) is 0.733. The van der Waals surface area contributed by atoms with E-state index in [4.69, 9.17) is 4.74 Å². The van der Waals surface area contributed by atoms with Crippen LogP contribution in [0.25, 0.3) is 0 Å². The zero-order valence-corrected chi connectivity index (χ0v) is 13.1. The molecule has 0 radical (unpaired) electrons. The van der Waals surface area contributed by atoms with Gasteiger partial charge in [0.15, 0.2) is 0 Å². The molecule has 0 fully saturated rings. The number of halogens is 1. The normalized spacial score (nSPS) is 24.5. The lowest BCUT2D eigenvalue weighted by atomic mass is 9.78. The fourth-order valence-electron chi connectivity index (χ4n) is 2.15. The maximum absolute atomic E-state index is 6.20. The van der Waals surface area contributed by atoms with E-state index >= 15 is 0 Å². The minimum absolute atomic E-state index is 0.0868. The number of hydrogen-bond donors (Lipinski definition) is 0. The van der Waals surface area contributed by atoms with Crippen LogP contribution in [0.5, 0.6) is 0 Å². The van der Waals surface area contributed by atoms with Crippen molar-refractivity contribution in [1.29, 1.82) is 0 Å². The van der Waals surface area contributed by atoms with Crippen molar-refractivity contribution in [1.82, 2.24) is 0 Å². The first-order chi connectivity index (χ1) is 8.02. The van der Waals surface area contributed by atoms with Crippen LogP contribution in [0.15, 0.2) is 23.8 Å². The summed E-state index contributed by atoms with van der Waals surface area (Å²) in [6.45, 7) is 9.85. The molecule has 0 saturated heterocycles. The van der Waals surface area contributed by atoms with Crippen LogP contribution in [0.2, 0.25) is 0 Å². The second-order valence-corrected chi connectivity index (χ2v) is 6.23. The second kappa shape index (κ2) is 6.75. The summed E-state index contributed by atoms with van der Waals surface area (Å²) in [6, 6.07) is 0. The summed E-state index contributed by atoms with van der Waals surface area (Å²) in [4.78, 5) is 0. The number of alkyl halides is 1. The Balaban J connectivity index is 2.74. The Morgan fingerprint density at radius 2 is 2.06 bits per heavy atom. The highest BCUT2D eigenvalue weighted by Crippen LogP contribution is 2.36. The lowest BCUT2D eigenvalue weighted by Crippen LogP contribution is -2.39. The Labute approximate surface area is 114 Å². The minimum Gasteiger partial charge on any atom is -0.370 e. The van der Waals surface area contributed by atoms with Crippen LogP contribution in [0, 0.1) is 11.8 Å². The van der Waals surface area contributed by atoms with Crippen LogP contribution in [-0.2, 0) is 4.74 Å². The molecule has 1 rings (SSSR count). The average molecular weight is 301 g/mol. The molecule has 98 valence electrons. The zero-order valence-electron chi connectivity index (χ0n) is 11.5. The van der Waals surface area contributed by atoms with Gasteiger partial charge in [-0.2, -0.15) is 0 Å². The van der Waals surface area contributed by atoms with Crippen molar-refractivity contribution < 1.29 is 4.74 Å². The van der Waals surface area contributed by atoms with Gasteiger partial charge in [0.05, 0.1) is 5.60 Å². The van der Waals surface area contributed by atoms with Gasteiger partial charge >= 0.3 is 0 Å². The van der Waals surface area contributed by atoms with Gasteiger partial charge in [0.25, 0.3) is 0 Å². The van der Waals surface area contributed by atoms with Gasteiger partial charge in [0.1, 0.15) is 0 Å². The highest BCUT2D eigenvalue weighted by atomic mass is 79.9. The predicted molar refractivity (Wildman–Crippen MR) is 78.6 cm³/mol. The van der Waals surface area contributed by atoms with E-state index in [2.05, 4.69) is 61.9 Å². The summed E-state index contributed by atoms with van der Waals surface area (Å²) in [5.41, 5.74) is 1.41. The van der Waals surface area contributed by atoms with E-state index in [9.17, 15) is 0 Å². The third-order valence-corrected chi connectivity index (χ3v) is 4.10. The SMILES string of the molecule is CC(C)C1=CC=CC(OCCCBr)(C(C)C)C1. The van der Waals surface area contributed by atoms with Crippen molar-refractivity contribution in [3.63, 3.8) is 0 Å². The van der Waals surface area contributed by atoms with E-state index in [0.717, 1.165) is 24.8 Å². The summed E-state index contributed by atoms with van der Waals surface area (Å²) >= 11 is 3.45. The minimum atomic E-state index is -0.0868. The number of ether oxygens (including phenoxy) is 1. The molecule has 1 nitrogen and oxygen atoms in total. The van der Waals surface area contributed by atoms with Crippen molar-refractivity contribution in [2.75, 3.05) is 11.9 Å². The number of rotatable bonds is 6. The Kier molecular flexibility index (Phi) is 5.94. The van der Waals surface area contributed by atoms with E-state index in [0.29, 0.717) is 11.8 Å². The fourth-order valence-corrected chi connectivity index (χ4v) is 2.38. The Morgan fingerprint density at radius 1 is 1.35 bits per heavy atom. The van der Waals surface area contributed by atoms with Crippen LogP contribution in [0.4, 0.5) is 0 Å². The van der Waals surface area contributed by atoms with Gasteiger partial charge in [-0.05, 0) is 18.3 Å². The molecular weight excluding hydrogens is 276 g/mol. The third-order valence-electron chi connectivity index (χ3n) is 3.54. The van der Waals surface area contributed by atoms with Gasteiger partial charge < -0.3 is 4.74 Å². The molecule has 1 aliphatic carbocycles. The van der Waals surface area contributed by atoms with Crippen molar-refractivity contribution in [2.24, 2.45) is 11.8 Å². The molecule has 1 unspecified atom stereocenters. The van der Waals surface area contributed by atoms with E-state index in [-0.39, 0.29) is 5.60 Å². The van der Waals surface area contributed by atoms with Gasteiger partial charge in [0.2, 0.25) is 0 Å². The molecule has 17 heavy (non-hydrogen) atoms. The van der Waals surface area contributed by atoms with E-state index in [1.165, 1.54) is 5.57 Å². The predicted octanol–water partition coefficient (Wildman–Crippen LogP) is 4.73. The summed E-state index contributed by atoms with van der Waals surface area (Å²) < 4.78 is 6.20. The highest BCUT2D eigenvalue weighted by Gasteiger charge is 2.34. The van der Waals surface area contributed by atoms with Crippen molar-refractivity contribution >= 4 is 15.9 Å². The van der Waals surface area contributed by atoms with Gasteiger partial charge in [0, 0.05) is 18.4 Å². The second-order valence-electron chi connectivity index (χ2n) is 5.43. The van der Waals surface area contributed by atoms with Crippen molar-refractivity contribution in [3.8, 4) is 0 Å². The molecule has 0 heterocycles. The molecule has 0 bridgehead atoms. The molecule has 1 aliphatic rings. The van der Waals surface area contributed by atoms with Crippen LogP contribution in [-0.4, -0.2) is 17.5 Å². The molecule has 0 amide bonds. The summed E-state index contributed by atoms with van der Waals surface area (Å²) in [7, 11) is 0. The molecule has 0 saturated carbocycles. The summed E-state index contributed by atoms with van der Waals surface area (Å²) in [5, 5.41) is 1.01. The summed E-state index contributed by atoms with van der Waals surface area (Å²) in [5.74, 6) is 1.12. The van der Waals surface area contributed by atoms with Crippen molar-refractivity contribution in [2.45, 2.75) is 46.1 Å². The van der Waals surface area contributed by atoms with Crippen LogP contribution in [0.3, 0.4) is 0 Å². The average Bonchev–Trinajstić information content (AvgIpc) is 2.29. The van der Waals surface area contributed by atoms with Gasteiger partial charge in [-0.1, -0.05) is 67.4 Å². The lowest BCUT2D eigenvalue weighted by Gasteiger charge is -2.38. The maximum Gasteiger partial charge on any atom is 0.0925 e. The number of hydrogen-bond acceptors (Lipinski definition) is 1. The third kappa shape index (κ3) is 3.96.